The van der Waals surface area contributed by atoms with Crippen LogP contribution >= 0.6 is 0 Å². The number of rotatable bonds is 3. The maximum absolute atomic E-state index is 13.7. The van der Waals surface area contributed by atoms with Crippen LogP contribution in [0.5, 0.6) is 0 Å². The number of carbonyl (C=O) groups is 2. The molecule has 0 saturated carbocycles. The van der Waals surface area contributed by atoms with E-state index in [-0.39, 0.29) is 29.0 Å². The van der Waals surface area contributed by atoms with Crippen molar-refractivity contribution in [3.63, 3.8) is 0 Å². The van der Waals surface area contributed by atoms with Gasteiger partial charge in [-0.15, -0.1) is 0 Å². The first-order valence-electron chi connectivity index (χ1n) is 5.64. The standard InChI is InChI=1S/C11H12FN5O.CH2O2/c1-6(18)7-4-15-10-9(7)8(12)5-16-11(10)17(14)3-2-13;2-1-3/h2-5,15H,13-14H2,1H3;1H,(H,2,3)/b3-2-;. The van der Waals surface area contributed by atoms with Crippen molar-refractivity contribution in [1.82, 2.24) is 9.97 Å². The maximum Gasteiger partial charge on any atom is 0.290 e. The van der Waals surface area contributed by atoms with Crippen molar-refractivity contribution in [2.24, 2.45) is 11.6 Å². The van der Waals surface area contributed by atoms with Crippen LogP contribution in [0.15, 0.2) is 24.8 Å². The molecule has 2 rings (SSSR count). The fourth-order valence-corrected chi connectivity index (χ4v) is 1.73. The van der Waals surface area contributed by atoms with Gasteiger partial charge >= 0.3 is 0 Å². The van der Waals surface area contributed by atoms with Crippen molar-refractivity contribution < 1.29 is 19.1 Å². The molecule has 2 aromatic heterocycles. The zero-order chi connectivity index (χ0) is 16.0. The van der Waals surface area contributed by atoms with Crippen LogP contribution in [0, 0.1) is 5.82 Å². The predicted molar refractivity (Wildman–Crippen MR) is 74.7 cm³/mol. The largest absolute Gasteiger partial charge is 0.483 e. The molecule has 0 unspecified atom stereocenters. The number of nitrogens with zero attached hydrogens (tertiary/aromatic N) is 2. The minimum atomic E-state index is -0.578. The number of H-pyrrole nitrogens is 1. The lowest BCUT2D eigenvalue weighted by Gasteiger charge is -2.13. The summed E-state index contributed by atoms with van der Waals surface area (Å²) < 4.78 is 13.7. The van der Waals surface area contributed by atoms with Gasteiger partial charge in [-0.3, -0.25) is 14.6 Å². The third-order valence-electron chi connectivity index (χ3n) is 2.51. The van der Waals surface area contributed by atoms with Crippen molar-refractivity contribution in [3.8, 4) is 0 Å². The highest BCUT2D eigenvalue weighted by Crippen LogP contribution is 2.27. The smallest absolute Gasteiger partial charge is 0.290 e. The molecule has 21 heavy (non-hydrogen) atoms. The highest BCUT2D eigenvalue weighted by molar-refractivity contribution is 6.09. The molecule has 0 spiro atoms. The van der Waals surface area contributed by atoms with Crippen LogP contribution in [0.1, 0.15) is 17.3 Å². The number of pyridine rings is 1. The second-order valence-electron chi connectivity index (χ2n) is 3.79. The molecule has 0 aliphatic heterocycles. The number of carbonyl (C=O) groups excluding carboxylic acids is 1. The summed E-state index contributed by atoms with van der Waals surface area (Å²) in [5.41, 5.74) is 5.83. The van der Waals surface area contributed by atoms with Crippen LogP contribution < -0.4 is 16.6 Å². The summed E-state index contributed by atoms with van der Waals surface area (Å²) in [4.78, 5) is 26.4. The first-order chi connectivity index (χ1) is 9.97. The molecule has 8 nitrogen and oxygen atoms in total. The molecule has 6 N–H and O–H groups in total. The Morgan fingerprint density at radius 1 is 1.57 bits per heavy atom. The van der Waals surface area contributed by atoms with Gasteiger partial charge in [-0.25, -0.2) is 15.2 Å². The molecule has 0 aromatic carbocycles. The maximum atomic E-state index is 13.7. The van der Waals surface area contributed by atoms with Gasteiger partial charge in [0.2, 0.25) is 0 Å². The SMILES string of the molecule is CC(=O)c1c[nH]c2c(N(N)/C=C\N)ncc(F)c12.O=CO. The summed E-state index contributed by atoms with van der Waals surface area (Å²) >= 11 is 0. The molecule has 0 saturated heterocycles. The Bertz CT molecular complexity index is 683. The van der Waals surface area contributed by atoms with Gasteiger partial charge in [-0.1, -0.05) is 0 Å². The van der Waals surface area contributed by atoms with E-state index in [0.717, 1.165) is 11.2 Å². The fourth-order valence-electron chi connectivity index (χ4n) is 1.73. The van der Waals surface area contributed by atoms with Crippen molar-refractivity contribution in [2.45, 2.75) is 6.92 Å². The van der Waals surface area contributed by atoms with Gasteiger partial charge in [0, 0.05) is 24.2 Å². The summed E-state index contributed by atoms with van der Waals surface area (Å²) in [5.74, 6) is 5.14. The number of hydrazine groups is 1. The van der Waals surface area contributed by atoms with Gasteiger partial charge in [0.05, 0.1) is 17.1 Å². The highest BCUT2D eigenvalue weighted by Gasteiger charge is 2.17. The molecule has 0 fully saturated rings. The molecule has 0 atom stereocenters. The number of carboxylic acid groups (broad SMARTS) is 1. The van der Waals surface area contributed by atoms with Crippen LogP contribution in [0.25, 0.3) is 10.9 Å². The number of Topliss-reactive ketones (excluding diaryl/α,β-unsaturated/α-hetero) is 1. The Labute approximate surface area is 118 Å². The Morgan fingerprint density at radius 2 is 2.19 bits per heavy atom. The van der Waals surface area contributed by atoms with E-state index in [1.54, 1.807) is 0 Å². The average molecular weight is 295 g/mol. The summed E-state index contributed by atoms with van der Waals surface area (Å²) in [6.07, 6.45) is 5.04. The lowest BCUT2D eigenvalue weighted by Crippen LogP contribution is -2.26. The van der Waals surface area contributed by atoms with E-state index in [0.29, 0.717) is 5.52 Å². The van der Waals surface area contributed by atoms with Gasteiger partial charge in [0.15, 0.2) is 17.4 Å². The number of hydrogen-bond acceptors (Lipinski definition) is 6. The minimum Gasteiger partial charge on any atom is -0.483 e. The van der Waals surface area contributed by atoms with E-state index < -0.39 is 5.82 Å². The van der Waals surface area contributed by atoms with Crippen LogP contribution in [0.3, 0.4) is 0 Å². The first kappa shape index (κ1) is 16.1. The van der Waals surface area contributed by atoms with E-state index in [1.807, 2.05) is 0 Å². The van der Waals surface area contributed by atoms with Crippen LogP contribution in [0.4, 0.5) is 10.2 Å². The molecule has 112 valence electrons. The third-order valence-corrected chi connectivity index (χ3v) is 2.51. The first-order valence-corrected chi connectivity index (χ1v) is 5.64. The van der Waals surface area contributed by atoms with Gasteiger partial charge in [-0.05, 0) is 6.92 Å². The van der Waals surface area contributed by atoms with Crippen molar-refractivity contribution in [3.05, 3.63) is 36.2 Å². The summed E-state index contributed by atoms with van der Waals surface area (Å²) in [6.45, 7) is 1.11. The summed E-state index contributed by atoms with van der Waals surface area (Å²) in [7, 11) is 0. The lowest BCUT2D eigenvalue weighted by atomic mass is 10.1. The number of hydrogen-bond donors (Lipinski definition) is 4. The van der Waals surface area contributed by atoms with Crippen molar-refractivity contribution in [1.29, 1.82) is 0 Å². The molecule has 0 bridgehead atoms. The zero-order valence-electron chi connectivity index (χ0n) is 11.1. The number of halogens is 1. The molecule has 0 amide bonds. The van der Waals surface area contributed by atoms with E-state index in [4.69, 9.17) is 21.5 Å². The molecule has 2 heterocycles. The fraction of sp³-hybridized carbons (Fsp3) is 0.0833. The second-order valence-corrected chi connectivity index (χ2v) is 3.79. The van der Waals surface area contributed by atoms with Gasteiger partial charge in [0.1, 0.15) is 0 Å². The van der Waals surface area contributed by atoms with E-state index in [9.17, 15) is 9.18 Å². The third kappa shape index (κ3) is 3.34. The van der Waals surface area contributed by atoms with Crippen LogP contribution in [-0.4, -0.2) is 27.3 Å². The topological polar surface area (TPSA) is 138 Å². The summed E-state index contributed by atoms with van der Waals surface area (Å²) in [6, 6.07) is 0. The number of anilines is 1. The number of fused-ring (bicyclic) bond motifs is 1. The molecule has 0 aliphatic carbocycles. The van der Waals surface area contributed by atoms with E-state index >= 15 is 0 Å². The van der Waals surface area contributed by atoms with E-state index in [2.05, 4.69) is 9.97 Å². The summed E-state index contributed by atoms with van der Waals surface area (Å²) in [5, 5.41) is 8.20. The number of ketones is 1. The van der Waals surface area contributed by atoms with Crippen molar-refractivity contribution in [2.75, 3.05) is 5.01 Å². The Hall–Kier alpha value is -2.94. The van der Waals surface area contributed by atoms with Gasteiger partial charge in [-0.2, -0.15) is 0 Å². The van der Waals surface area contributed by atoms with Crippen LogP contribution in [-0.2, 0) is 4.79 Å². The number of aromatic nitrogens is 2. The number of nitrogens with two attached hydrogens (primary N) is 2. The monoisotopic (exact) mass is 295 g/mol. The van der Waals surface area contributed by atoms with Gasteiger partial charge in [0.25, 0.3) is 6.47 Å². The quantitative estimate of drug-likeness (QED) is 0.283. The predicted octanol–water partition coefficient (Wildman–Crippen LogP) is 0.715. The van der Waals surface area contributed by atoms with E-state index in [1.165, 1.54) is 25.5 Å². The number of aromatic amines is 1. The molecule has 0 radical (unpaired) electrons. The minimum absolute atomic E-state index is 0.174. The molecule has 9 heteroatoms. The highest BCUT2D eigenvalue weighted by atomic mass is 19.1. The van der Waals surface area contributed by atoms with Gasteiger partial charge < -0.3 is 15.8 Å². The Balaban J connectivity index is 0.000000677. The Kier molecular flexibility index (Phi) is 5.38. The molecular weight excluding hydrogens is 281 g/mol. The average Bonchev–Trinajstić information content (AvgIpc) is 2.86. The Morgan fingerprint density at radius 3 is 2.71 bits per heavy atom. The zero-order valence-corrected chi connectivity index (χ0v) is 11.1. The van der Waals surface area contributed by atoms with Crippen LogP contribution in [0.2, 0.25) is 0 Å². The molecule has 2 aromatic rings. The normalized spacial score (nSPS) is 10.2. The van der Waals surface area contributed by atoms with Crippen molar-refractivity contribution >= 4 is 29.0 Å². The second kappa shape index (κ2) is 7.01. The molecule has 0 aliphatic rings. The molecular formula is C12H14FN5O3. The lowest BCUT2D eigenvalue weighted by molar-refractivity contribution is -0.122. The number of nitrogens with one attached hydrogen (secondary N) is 1.